The number of hydrogen-bond acceptors (Lipinski definition) is 7. The number of carbonyl (C=O) groups is 1. The van der Waals surface area contributed by atoms with E-state index in [2.05, 4.69) is 20.2 Å². The van der Waals surface area contributed by atoms with E-state index in [4.69, 9.17) is 16.3 Å². The van der Waals surface area contributed by atoms with Crippen LogP contribution < -0.4 is 10.2 Å². The standard InChI is InChI=1S/C21H25ClN4O3/c1-2-29-19(28)16-11-24-20(26-8-7-21(13-26)5-6-21)25-18(16)23-10-14-3-4-15(12-27)17(22)9-14/h3-4,9,11,27H,2,5-8,10,12-13H2,1H3,(H,23,24,25). The number of carbonyl (C=O) groups excluding carboxylic acids is 1. The summed E-state index contributed by atoms with van der Waals surface area (Å²) in [5, 5.41) is 13.0. The van der Waals surface area contributed by atoms with Gasteiger partial charge in [0.15, 0.2) is 0 Å². The molecule has 1 spiro atoms. The van der Waals surface area contributed by atoms with Crippen LogP contribution in [0.5, 0.6) is 0 Å². The molecule has 4 rings (SSSR count). The number of nitrogens with one attached hydrogen (secondary N) is 1. The topological polar surface area (TPSA) is 87.6 Å². The first kappa shape index (κ1) is 19.9. The van der Waals surface area contributed by atoms with Crippen molar-refractivity contribution in [1.29, 1.82) is 0 Å². The van der Waals surface area contributed by atoms with Crippen LogP contribution in [0, 0.1) is 5.41 Å². The fourth-order valence-electron chi connectivity index (χ4n) is 3.72. The van der Waals surface area contributed by atoms with Crippen LogP contribution in [-0.2, 0) is 17.9 Å². The highest BCUT2D eigenvalue weighted by atomic mass is 35.5. The van der Waals surface area contributed by atoms with Crippen molar-refractivity contribution in [2.75, 3.05) is 29.9 Å². The average Bonchev–Trinajstić information content (AvgIpc) is 3.35. The van der Waals surface area contributed by atoms with Crippen molar-refractivity contribution >= 4 is 29.3 Å². The van der Waals surface area contributed by atoms with E-state index in [1.807, 2.05) is 6.07 Å². The number of nitrogens with zero attached hydrogens (tertiary/aromatic N) is 3. The second kappa shape index (κ2) is 8.16. The maximum atomic E-state index is 12.4. The molecule has 0 amide bonds. The van der Waals surface area contributed by atoms with Crippen molar-refractivity contribution in [2.45, 2.75) is 39.3 Å². The van der Waals surface area contributed by atoms with E-state index >= 15 is 0 Å². The van der Waals surface area contributed by atoms with E-state index in [1.54, 1.807) is 25.3 Å². The number of anilines is 2. The van der Waals surface area contributed by atoms with E-state index in [0.717, 1.165) is 18.7 Å². The second-order valence-corrected chi connectivity index (χ2v) is 8.17. The van der Waals surface area contributed by atoms with Gasteiger partial charge in [-0.1, -0.05) is 23.7 Å². The molecule has 0 unspecified atom stereocenters. The number of benzene rings is 1. The molecule has 1 aromatic heterocycles. The molecule has 2 N–H and O–H groups in total. The number of aromatic nitrogens is 2. The van der Waals surface area contributed by atoms with Gasteiger partial charge in [-0.25, -0.2) is 9.78 Å². The summed E-state index contributed by atoms with van der Waals surface area (Å²) in [5.74, 6) is 0.640. The minimum Gasteiger partial charge on any atom is -0.462 e. The second-order valence-electron chi connectivity index (χ2n) is 7.76. The third-order valence-electron chi connectivity index (χ3n) is 5.70. The molecule has 2 aromatic rings. The van der Waals surface area contributed by atoms with Gasteiger partial charge in [0, 0.05) is 30.9 Å². The van der Waals surface area contributed by atoms with E-state index < -0.39 is 5.97 Å². The molecule has 1 saturated carbocycles. The maximum absolute atomic E-state index is 12.4. The van der Waals surface area contributed by atoms with Gasteiger partial charge in [-0.05, 0) is 48.8 Å². The first-order chi connectivity index (χ1) is 14.0. The normalized spacial score (nSPS) is 16.9. The predicted molar refractivity (Wildman–Crippen MR) is 111 cm³/mol. The Hall–Kier alpha value is -2.38. The van der Waals surface area contributed by atoms with Gasteiger partial charge in [0.1, 0.15) is 11.4 Å². The van der Waals surface area contributed by atoms with E-state index in [9.17, 15) is 9.90 Å². The average molecular weight is 417 g/mol. The van der Waals surface area contributed by atoms with Gasteiger partial charge >= 0.3 is 5.97 Å². The van der Waals surface area contributed by atoms with Crippen LogP contribution in [-0.4, -0.2) is 40.7 Å². The lowest BCUT2D eigenvalue weighted by molar-refractivity contribution is 0.0526. The summed E-state index contributed by atoms with van der Waals surface area (Å²) in [5.41, 5.74) is 2.37. The van der Waals surface area contributed by atoms with E-state index in [0.29, 0.717) is 39.9 Å². The third kappa shape index (κ3) is 4.31. The Labute approximate surface area is 175 Å². The van der Waals surface area contributed by atoms with Crippen LogP contribution >= 0.6 is 11.6 Å². The fraction of sp³-hybridized carbons (Fsp3) is 0.476. The lowest BCUT2D eigenvalue weighted by Crippen LogP contribution is -2.24. The highest BCUT2D eigenvalue weighted by Gasteiger charge is 2.48. The fourth-order valence-corrected chi connectivity index (χ4v) is 3.99. The van der Waals surface area contributed by atoms with Gasteiger partial charge in [0.05, 0.1) is 13.2 Å². The van der Waals surface area contributed by atoms with Crippen molar-refractivity contribution in [1.82, 2.24) is 9.97 Å². The molecule has 8 heteroatoms. The number of rotatable bonds is 7. The molecule has 1 aromatic carbocycles. The van der Waals surface area contributed by atoms with Crippen molar-refractivity contribution in [3.05, 3.63) is 46.1 Å². The zero-order chi connectivity index (χ0) is 20.4. The van der Waals surface area contributed by atoms with Gasteiger partial charge in [-0.15, -0.1) is 0 Å². The highest BCUT2D eigenvalue weighted by molar-refractivity contribution is 6.31. The minimum absolute atomic E-state index is 0.105. The first-order valence-corrected chi connectivity index (χ1v) is 10.3. The number of halogens is 1. The number of esters is 1. The largest absolute Gasteiger partial charge is 0.462 e. The molecule has 0 radical (unpaired) electrons. The summed E-state index contributed by atoms with van der Waals surface area (Å²) < 4.78 is 5.16. The molecule has 0 atom stereocenters. The predicted octanol–water partition coefficient (Wildman–Crippen LogP) is 3.40. The molecule has 1 aliphatic heterocycles. The molecule has 2 heterocycles. The summed E-state index contributed by atoms with van der Waals surface area (Å²) in [7, 11) is 0. The molecular formula is C21H25ClN4O3. The summed E-state index contributed by atoms with van der Waals surface area (Å²) in [6.45, 7) is 4.29. The van der Waals surface area contributed by atoms with Crippen molar-refractivity contribution < 1.29 is 14.6 Å². The number of ether oxygens (including phenoxy) is 1. The smallest absolute Gasteiger partial charge is 0.343 e. The summed E-state index contributed by atoms with van der Waals surface area (Å²) in [4.78, 5) is 23.6. The van der Waals surface area contributed by atoms with Crippen LogP contribution in [0.2, 0.25) is 5.02 Å². The third-order valence-corrected chi connectivity index (χ3v) is 6.05. The van der Waals surface area contributed by atoms with Gasteiger partial charge in [-0.2, -0.15) is 4.98 Å². The quantitative estimate of drug-likeness (QED) is 0.669. The SMILES string of the molecule is CCOC(=O)c1cnc(N2CCC3(CC3)C2)nc1NCc1ccc(CO)c(Cl)c1. The molecule has 29 heavy (non-hydrogen) atoms. The Kier molecular flexibility index (Phi) is 5.61. The van der Waals surface area contributed by atoms with E-state index in [1.165, 1.54) is 19.3 Å². The van der Waals surface area contributed by atoms with Crippen molar-refractivity contribution in [3.8, 4) is 0 Å². The lowest BCUT2D eigenvalue weighted by Gasteiger charge is -2.18. The van der Waals surface area contributed by atoms with Crippen LogP contribution in [0.4, 0.5) is 11.8 Å². The molecule has 1 saturated heterocycles. The molecule has 2 aliphatic rings. The van der Waals surface area contributed by atoms with Crippen molar-refractivity contribution in [2.24, 2.45) is 5.41 Å². The van der Waals surface area contributed by atoms with Crippen LogP contribution in [0.3, 0.4) is 0 Å². The summed E-state index contributed by atoms with van der Waals surface area (Å²) in [6, 6.07) is 5.47. The Morgan fingerprint density at radius 1 is 1.38 bits per heavy atom. The first-order valence-electron chi connectivity index (χ1n) is 9.95. The Bertz CT molecular complexity index is 917. The molecule has 2 fully saturated rings. The number of aliphatic hydroxyl groups is 1. The van der Waals surface area contributed by atoms with Crippen molar-refractivity contribution in [3.63, 3.8) is 0 Å². The Balaban J connectivity index is 1.55. The lowest BCUT2D eigenvalue weighted by atomic mass is 10.1. The summed E-state index contributed by atoms with van der Waals surface area (Å²) >= 11 is 6.18. The molecule has 7 nitrogen and oxygen atoms in total. The molecule has 154 valence electrons. The van der Waals surface area contributed by atoms with Crippen LogP contribution in [0.1, 0.15) is 47.7 Å². The maximum Gasteiger partial charge on any atom is 0.343 e. The molecular weight excluding hydrogens is 392 g/mol. The van der Waals surface area contributed by atoms with Gasteiger partial charge < -0.3 is 20.1 Å². The Morgan fingerprint density at radius 3 is 2.86 bits per heavy atom. The zero-order valence-electron chi connectivity index (χ0n) is 16.4. The monoisotopic (exact) mass is 416 g/mol. The summed E-state index contributed by atoms with van der Waals surface area (Å²) in [6.07, 6.45) is 5.27. The molecule has 0 bridgehead atoms. The number of aliphatic hydroxyl groups excluding tert-OH is 1. The van der Waals surface area contributed by atoms with Crippen LogP contribution in [0.15, 0.2) is 24.4 Å². The van der Waals surface area contributed by atoms with Gasteiger partial charge in [0.25, 0.3) is 0 Å². The van der Waals surface area contributed by atoms with Crippen LogP contribution in [0.25, 0.3) is 0 Å². The van der Waals surface area contributed by atoms with Gasteiger partial charge in [0.2, 0.25) is 5.95 Å². The zero-order valence-corrected chi connectivity index (χ0v) is 17.2. The van der Waals surface area contributed by atoms with Gasteiger partial charge in [-0.3, -0.25) is 0 Å². The van der Waals surface area contributed by atoms with E-state index in [-0.39, 0.29) is 13.2 Å². The minimum atomic E-state index is -0.449. The molecule has 1 aliphatic carbocycles. The Morgan fingerprint density at radius 2 is 2.21 bits per heavy atom. The highest BCUT2D eigenvalue weighted by Crippen LogP contribution is 2.53. The number of hydrogen-bond donors (Lipinski definition) is 2.